The first-order valence-electron chi connectivity index (χ1n) is 14.1. The third-order valence-corrected chi connectivity index (χ3v) is 7.15. The second-order valence-electron chi connectivity index (χ2n) is 10.3. The minimum atomic E-state index is -0.298. The zero-order valence-corrected chi connectivity index (χ0v) is 25.4. The van der Waals surface area contributed by atoms with Crippen LogP contribution in [0.1, 0.15) is 33.9 Å². The van der Waals surface area contributed by atoms with Gasteiger partial charge in [0.15, 0.2) is 0 Å². The van der Waals surface area contributed by atoms with Crippen molar-refractivity contribution in [2.75, 3.05) is 10.6 Å². The van der Waals surface area contributed by atoms with E-state index in [0.717, 1.165) is 50.7 Å². The van der Waals surface area contributed by atoms with E-state index in [9.17, 15) is 9.50 Å². The van der Waals surface area contributed by atoms with Crippen molar-refractivity contribution in [1.29, 1.82) is 10.5 Å². The van der Waals surface area contributed by atoms with Gasteiger partial charge in [-0.15, -0.1) is 0 Å². The van der Waals surface area contributed by atoms with Crippen molar-refractivity contribution in [3.8, 4) is 40.4 Å². The molecule has 0 fully saturated rings. The van der Waals surface area contributed by atoms with Gasteiger partial charge < -0.3 is 25.7 Å². The first-order valence-corrected chi connectivity index (χ1v) is 14.1. The number of halogens is 1. The Balaban J connectivity index is 0.000000181. The van der Waals surface area contributed by atoms with Gasteiger partial charge in [0.25, 0.3) is 0 Å². The number of nitrogens with one attached hydrogen (secondary N) is 4. The van der Waals surface area contributed by atoms with E-state index in [1.54, 1.807) is 54.9 Å². The van der Waals surface area contributed by atoms with Crippen LogP contribution in [0, 0.1) is 56.2 Å². The molecule has 0 amide bonds. The standard InChI is InChI=1S/C17H14FN5.C17H15N5O/c1-10-15(9-19)21-11(2)16(10)14-7-8-20-17(23-14)22-13-5-3-12(18)4-6-13;1-10-15(9-18)20-11(2)16(10)14-7-8-19-17(22-14)21-12-3-5-13(23)6-4-12/h3-8,21H,1-2H3,(H,20,22,23);3-8,20,23H,1-2H3,(H,19,21,22). The van der Waals surface area contributed by atoms with Gasteiger partial charge in [0.2, 0.25) is 11.9 Å². The van der Waals surface area contributed by atoms with Crippen molar-refractivity contribution in [1.82, 2.24) is 29.9 Å². The molecule has 5 N–H and O–H groups in total. The highest BCUT2D eigenvalue weighted by Crippen LogP contribution is 2.30. The molecule has 0 aliphatic rings. The monoisotopic (exact) mass is 612 g/mol. The molecule has 0 aliphatic heterocycles. The minimum Gasteiger partial charge on any atom is -0.508 e. The molecule has 0 unspecified atom stereocenters. The van der Waals surface area contributed by atoms with Gasteiger partial charge in [-0.3, -0.25) is 0 Å². The number of nitriles is 2. The summed E-state index contributed by atoms with van der Waals surface area (Å²) in [4.78, 5) is 23.5. The Kier molecular flexibility index (Phi) is 9.01. The number of aryl methyl sites for hydroxylation is 2. The van der Waals surface area contributed by atoms with E-state index >= 15 is 0 Å². The van der Waals surface area contributed by atoms with Gasteiger partial charge in [0, 0.05) is 46.3 Å². The van der Waals surface area contributed by atoms with Gasteiger partial charge in [0.1, 0.15) is 35.1 Å². The third-order valence-electron chi connectivity index (χ3n) is 7.15. The van der Waals surface area contributed by atoms with Gasteiger partial charge >= 0.3 is 0 Å². The summed E-state index contributed by atoms with van der Waals surface area (Å²) in [5.74, 6) is 0.764. The number of aromatic nitrogens is 6. The minimum absolute atomic E-state index is 0.202. The van der Waals surface area contributed by atoms with Gasteiger partial charge in [0.05, 0.1) is 11.4 Å². The highest BCUT2D eigenvalue weighted by molar-refractivity contribution is 5.71. The largest absolute Gasteiger partial charge is 0.508 e. The Hall–Kier alpha value is -6.53. The molecule has 6 rings (SSSR count). The first kappa shape index (κ1) is 30.9. The average Bonchev–Trinajstić information content (AvgIpc) is 3.51. The van der Waals surface area contributed by atoms with Crippen LogP contribution in [0.5, 0.6) is 5.75 Å². The SMILES string of the molecule is Cc1[nH]c(C#N)c(C)c1-c1ccnc(Nc2ccc(F)cc2)n1.Cc1[nH]c(C#N)c(C)c1-c1ccnc(Nc2ccc(O)cc2)n1. The van der Waals surface area contributed by atoms with E-state index in [2.05, 4.69) is 52.7 Å². The van der Waals surface area contributed by atoms with Gasteiger partial charge in [-0.25, -0.2) is 24.3 Å². The third kappa shape index (κ3) is 6.82. The molecule has 12 heteroatoms. The quantitative estimate of drug-likeness (QED) is 0.121. The summed E-state index contributed by atoms with van der Waals surface area (Å²) < 4.78 is 12.9. The maximum Gasteiger partial charge on any atom is 0.227 e. The summed E-state index contributed by atoms with van der Waals surface area (Å²) >= 11 is 0. The highest BCUT2D eigenvalue weighted by atomic mass is 19.1. The van der Waals surface area contributed by atoms with Gasteiger partial charge in [-0.2, -0.15) is 10.5 Å². The smallest absolute Gasteiger partial charge is 0.227 e. The van der Waals surface area contributed by atoms with E-state index in [-0.39, 0.29) is 11.6 Å². The van der Waals surface area contributed by atoms with Crippen molar-refractivity contribution in [3.63, 3.8) is 0 Å². The second kappa shape index (κ2) is 13.4. The first-order chi connectivity index (χ1) is 22.2. The van der Waals surface area contributed by atoms with Crippen LogP contribution in [-0.4, -0.2) is 35.0 Å². The van der Waals surface area contributed by atoms with Crippen molar-refractivity contribution >= 4 is 23.3 Å². The fourth-order valence-corrected chi connectivity index (χ4v) is 4.94. The van der Waals surface area contributed by atoms with E-state index in [1.165, 1.54) is 12.1 Å². The Morgan fingerprint density at radius 1 is 0.652 bits per heavy atom. The maximum atomic E-state index is 12.9. The molecule has 11 nitrogen and oxygen atoms in total. The number of hydrogen-bond donors (Lipinski definition) is 5. The molecule has 4 heterocycles. The summed E-state index contributed by atoms with van der Waals surface area (Å²) in [7, 11) is 0. The van der Waals surface area contributed by atoms with Crippen LogP contribution in [0.4, 0.5) is 27.7 Å². The molecular weight excluding hydrogens is 583 g/mol. The summed E-state index contributed by atoms with van der Waals surface area (Å²) in [6.45, 7) is 7.59. The number of benzene rings is 2. The highest BCUT2D eigenvalue weighted by Gasteiger charge is 2.16. The lowest BCUT2D eigenvalue weighted by Crippen LogP contribution is -1.98. The Morgan fingerprint density at radius 2 is 1.07 bits per heavy atom. The predicted molar refractivity (Wildman–Crippen MR) is 173 cm³/mol. The molecule has 0 saturated heterocycles. The normalized spacial score (nSPS) is 10.3. The number of aromatic hydroxyl groups is 1. The summed E-state index contributed by atoms with van der Waals surface area (Å²) in [6.07, 6.45) is 3.31. The van der Waals surface area contributed by atoms with Crippen LogP contribution in [0.25, 0.3) is 22.5 Å². The van der Waals surface area contributed by atoms with Crippen LogP contribution in [0.3, 0.4) is 0 Å². The van der Waals surface area contributed by atoms with Crippen molar-refractivity contribution < 1.29 is 9.50 Å². The number of nitrogens with zero attached hydrogens (tertiary/aromatic N) is 6. The van der Waals surface area contributed by atoms with Crippen LogP contribution in [-0.2, 0) is 0 Å². The number of phenols is 1. The lowest BCUT2D eigenvalue weighted by atomic mass is 10.1. The Bertz CT molecular complexity index is 1930. The van der Waals surface area contributed by atoms with Gasteiger partial charge in [-0.05, 0) is 99.5 Å². The summed E-state index contributed by atoms with van der Waals surface area (Å²) in [5, 5.41) is 33.7. The molecular formula is C34H29FN10O. The number of rotatable bonds is 6. The number of phenolic OH excluding ortho intramolecular Hbond substituents is 1. The zero-order chi connectivity index (χ0) is 32.8. The van der Waals surface area contributed by atoms with E-state index in [1.807, 2.05) is 33.8 Å². The number of aromatic amines is 2. The predicted octanol–water partition coefficient (Wildman–Crippen LogP) is 7.25. The molecule has 228 valence electrons. The van der Waals surface area contributed by atoms with E-state index in [0.29, 0.717) is 29.0 Å². The molecule has 0 atom stereocenters. The molecule has 6 aromatic rings. The lowest BCUT2D eigenvalue weighted by Gasteiger charge is -2.07. The fourth-order valence-electron chi connectivity index (χ4n) is 4.94. The van der Waals surface area contributed by atoms with Crippen molar-refractivity contribution in [2.24, 2.45) is 0 Å². The topological polar surface area (TPSA) is 175 Å². The van der Waals surface area contributed by atoms with Gasteiger partial charge in [-0.1, -0.05) is 0 Å². The Labute approximate surface area is 264 Å². The molecule has 0 saturated carbocycles. The van der Waals surface area contributed by atoms with Crippen LogP contribution >= 0.6 is 0 Å². The molecule has 4 aromatic heterocycles. The molecule has 0 spiro atoms. The van der Waals surface area contributed by atoms with Crippen molar-refractivity contribution in [3.05, 3.63) is 113 Å². The van der Waals surface area contributed by atoms with Crippen LogP contribution in [0.2, 0.25) is 0 Å². The molecule has 46 heavy (non-hydrogen) atoms. The number of anilines is 4. The van der Waals surface area contributed by atoms with Crippen LogP contribution < -0.4 is 10.6 Å². The maximum absolute atomic E-state index is 12.9. The summed E-state index contributed by atoms with van der Waals surface area (Å²) in [6, 6.07) is 20.5. The molecule has 0 bridgehead atoms. The van der Waals surface area contributed by atoms with Crippen LogP contribution in [0.15, 0.2) is 73.1 Å². The van der Waals surface area contributed by atoms with E-state index in [4.69, 9.17) is 10.5 Å². The number of hydrogen-bond acceptors (Lipinski definition) is 9. The second-order valence-corrected chi connectivity index (χ2v) is 10.3. The number of H-pyrrole nitrogens is 2. The fraction of sp³-hybridized carbons (Fsp3) is 0.118. The Morgan fingerprint density at radius 3 is 1.46 bits per heavy atom. The van der Waals surface area contributed by atoms with Crippen molar-refractivity contribution in [2.45, 2.75) is 27.7 Å². The zero-order valence-electron chi connectivity index (χ0n) is 25.4. The lowest BCUT2D eigenvalue weighted by molar-refractivity contribution is 0.475. The molecule has 0 radical (unpaired) electrons. The average molecular weight is 613 g/mol. The van der Waals surface area contributed by atoms with E-state index < -0.39 is 0 Å². The summed E-state index contributed by atoms with van der Waals surface area (Å²) in [5.41, 5.74) is 9.34. The molecule has 0 aliphatic carbocycles. The molecule has 2 aromatic carbocycles.